The van der Waals surface area contributed by atoms with Crippen LogP contribution in [-0.4, -0.2) is 17.2 Å². The van der Waals surface area contributed by atoms with Gasteiger partial charge in [0.2, 0.25) is 0 Å². The van der Waals surface area contributed by atoms with Gasteiger partial charge in [0.1, 0.15) is 0 Å². The number of hydrogen-bond acceptors (Lipinski definition) is 1. The highest BCUT2D eigenvalue weighted by Crippen LogP contribution is 2.48. The van der Waals surface area contributed by atoms with Crippen LogP contribution >= 0.6 is 11.8 Å². The van der Waals surface area contributed by atoms with E-state index in [1.54, 1.807) is 0 Å². The summed E-state index contributed by atoms with van der Waals surface area (Å²) >= 11 is 1.87. The molecule has 0 aliphatic carbocycles. The third-order valence-electron chi connectivity index (χ3n) is 12.3. The summed E-state index contributed by atoms with van der Waals surface area (Å²) in [6.45, 7) is 0. The SMILES string of the molecule is c1ccc([Si](c2ccccc2)(c2ccccc2)c2ccc3c(c2)c2ccccc2n3-c2ccc(-c3cccc4c5cccc6c5n(c34)-c3ccccc3S6)cc2)cc1. The van der Waals surface area contributed by atoms with Crippen LogP contribution in [0, 0.1) is 0 Å². The Labute approximate surface area is 342 Å². The van der Waals surface area contributed by atoms with Crippen LogP contribution in [0.5, 0.6) is 0 Å². The van der Waals surface area contributed by atoms with Crippen molar-refractivity contribution in [1.82, 2.24) is 9.13 Å². The molecule has 58 heavy (non-hydrogen) atoms. The molecular weight excluding hydrogens is 737 g/mol. The smallest absolute Gasteiger partial charge is 0.179 e. The van der Waals surface area contributed by atoms with Gasteiger partial charge in [0.05, 0.1) is 27.8 Å². The van der Waals surface area contributed by atoms with E-state index >= 15 is 0 Å². The molecule has 0 spiro atoms. The normalized spacial score (nSPS) is 12.4. The Hall–Kier alpha value is -6.85. The molecule has 4 heteroatoms. The van der Waals surface area contributed by atoms with Gasteiger partial charge >= 0.3 is 0 Å². The highest BCUT2D eigenvalue weighted by molar-refractivity contribution is 7.99. The summed E-state index contributed by atoms with van der Waals surface area (Å²) in [5.41, 5.74) is 9.83. The van der Waals surface area contributed by atoms with Crippen LogP contribution in [0.3, 0.4) is 0 Å². The first-order valence-corrected chi connectivity index (χ1v) is 22.8. The molecule has 0 bridgehead atoms. The molecule has 0 amide bonds. The van der Waals surface area contributed by atoms with E-state index in [0.29, 0.717) is 0 Å². The van der Waals surface area contributed by atoms with Crippen molar-refractivity contribution in [3.05, 3.63) is 218 Å². The fourth-order valence-electron chi connectivity index (χ4n) is 9.83. The van der Waals surface area contributed by atoms with Crippen molar-refractivity contribution >= 4 is 84.2 Å². The molecule has 0 unspecified atom stereocenters. The Balaban J connectivity index is 1.05. The molecule has 0 saturated heterocycles. The molecule has 1 aliphatic rings. The molecule has 2 nitrogen and oxygen atoms in total. The van der Waals surface area contributed by atoms with Crippen LogP contribution in [-0.2, 0) is 0 Å². The van der Waals surface area contributed by atoms with Crippen LogP contribution in [0.4, 0.5) is 0 Å². The molecule has 0 N–H and O–H groups in total. The minimum Gasteiger partial charge on any atom is -0.309 e. The average molecular weight is 773 g/mol. The van der Waals surface area contributed by atoms with Gasteiger partial charge in [-0.2, -0.15) is 0 Å². The fraction of sp³-hybridized carbons (Fsp3) is 0. The number of aromatic nitrogens is 2. The second kappa shape index (κ2) is 13.1. The van der Waals surface area contributed by atoms with Crippen LogP contribution in [0.15, 0.2) is 228 Å². The Kier molecular flexibility index (Phi) is 7.52. The second-order valence-electron chi connectivity index (χ2n) is 15.2. The summed E-state index contributed by atoms with van der Waals surface area (Å²) < 4.78 is 4.95. The number of rotatable bonds is 6. The number of benzene rings is 9. The maximum atomic E-state index is 2.51. The number of para-hydroxylation sites is 4. The van der Waals surface area contributed by atoms with Gasteiger partial charge in [-0.05, 0) is 68.8 Å². The number of fused-ring (bicyclic) bond motifs is 8. The van der Waals surface area contributed by atoms with Gasteiger partial charge in [-0.1, -0.05) is 188 Å². The lowest BCUT2D eigenvalue weighted by Crippen LogP contribution is -2.74. The number of nitrogens with zero attached hydrogens (tertiary/aromatic N) is 2. The van der Waals surface area contributed by atoms with Gasteiger partial charge in [0, 0.05) is 42.6 Å². The lowest BCUT2D eigenvalue weighted by atomic mass is 10.0. The molecule has 11 aromatic rings. The monoisotopic (exact) mass is 772 g/mol. The molecule has 1 aliphatic heterocycles. The highest BCUT2D eigenvalue weighted by atomic mass is 32.2. The zero-order chi connectivity index (χ0) is 38.2. The van der Waals surface area contributed by atoms with E-state index in [-0.39, 0.29) is 0 Å². The summed E-state index contributed by atoms with van der Waals surface area (Å²) in [5.74, 6) is 0. The Morgan fingerprint density at radius 2 is 0.897 bits per heavy atom. The summed E-state index contributed by atoms with van der Waals surface area (Å²) in [6, 6.07) is 81.3. The zero-order valence-electron chi connectivity index (χ0n) is 31.6. The van der Waals surface area contributed by atoms with E-state index in [2.05, 4.69) is 228 Å². The van der Waals surface area contributed by atoms with E-state index in [1.807, 2.05) is 11.8 Å². The molecule has 0 fully saturated rings. The van der Waals surface area contributed by atoms with Crippen molar-refractivity contribution in [3.63, 3.8) is 0 Å². The van der Waals surface area contributed by atoms with Gasteiger partial charge < -0.3 is 9.13 Å². The number of hydrogen-bond donors (Lipinski definition) is 0. The predicted molar refractivity (Wildman–Crippen MR) is 248 cm³/mol. The van der Waals surface area contributed by atoms with Crippen molar-refractivity contribution in [2.75, 3.05) is 0 Å². The first kappa shape index (κ1) is 33.3. The molecular formula is C54H36N2SSi. The van der Waals surface area contributed by atoms with Crippen LogP contribution in [0.1, 0.15) is 0 Å². The van der Waals surface area contributed by atoms with Crippen LogP contribution in [0.25, 0.3) is 66.1 Å². The van der Waals surface area contributed by atoms with E-state index < -0.39 is 8.07 Å². The minimum absolute atomic E-state index is 1.15. The quantitative estimate of drug-likeness (QED) is 0.121. The maximum Gasteiger partial charge on any atom is 0.179 e. The van der Waals surface area contributed by atoms with Crippen molar-refractivity contribution in [1.29, 1.82) is 0 Å². The molecule has 12 rings (SSSR count). The van der Waals surface area contributed by atoms with Gasteiger partial charge in [0.15, 0.2) is 8.07 Å². The molecule has 0 atom stereocenters. The highest BCUT2D eigenvalue weighted by Gasteiger charge is 2.41. The predicted octanol–water partition coefficient (Wildman–Crippen LogP) is 11.4. The van der Waals surface area contributed by atoms with Gasteiger partial charge in [0.25, 0.3) is 0 Å². The molecule has 272 valence electrons. The van der Waals surface area contributed by atoms with Gasteiger partial charge in [-0.3, -0.25) is 0 Å². The van der Waals surface area contributed by atoms with Crippen molar-refractivity contribution in [2.45, 2.75) is 9.79 Å². The summed E-state index contributed by atoms with van der Waals surface area (Å²) in [4.78, 5) is 2.59. The molecule has 2 aromatic heterocycles. The first-order valence-electron chi connectivity index (χ1n) is 19.9. The molecule has 0 saturated carbocycles. The lowest BCUT2D eigenvalue weighted by molar-refractivity contribution is 1.09. The first-order chi connectivity index (χ1) is 28.8. The van der Waals surface area contributed by atoms with Gasteiger partial charge in [-0.15, -0.1) is 0 Å². The largest absolute Gasteiger partial charge is 0.309 e. The van der Waals surface area contributed by atoms with E-state index in [4.69, 9.17) is 0 Å². The Morgan fingerprint density at radius 1 is 0.345 bits per heavy atom. The molecule has 3 heterocycles. The van der Waals surface area contributed by atoms with E-state index in [1.165, 1.54) is 91.0 Å². The minimum atomic E-state index is -2.70. The van der Waals surface area contributed by atoms with Crippen molar-refractivity contribution < 1.29 is 0 Å². The Bertz CT molecular complexity index is 3250. The zero-order valence-corrected chi connectivity index (χ0v) is 33.4. The summed E-state index contributed by atoms with van der Waals surface area (Å²) in [6.07, 6.45) is 0. The lowest BCUT2D eigenvalue weighted by Gasteiger charge is -2.34. The van der Waals surface area contributed by atoms with E-state index in [9.17, 15) is 0 Å². The molecule has 0 radical (unpaired) electrons. The van der Waals surface area contributed by atoms with Crippen molar-refractivity contribution in [3.8, 4) is 22.5 Å². The Morgan fingerprint density at radius 3 is 1.60 bits per heavy atom. The maximum absolute atomic E-state index is 2.70. The topological polar surface area (TPSA) is 9.86 Å². The standard InChI is InChI=1S/C54H36N2SSi/c1-4-16-39(17-5-1)58(40-18-6-2-7-19-40,41-20-8-3-9-21-41)42-34-35-49-47(36-42)44-22-10-11-26-48(44)55(49)38-32-30-37(31-33-38)43-23-14-24-45-46-25-15-29-52-54(46)56(53(43)45)50-27-12-13-28-51(50)57-52/h1-36H. The van der Waals surface area contributed by atoms with Gasteiger partial charge in [-0.25, -0.2) is 0 Å². The molecule has 9 aromatic carbocycles. The van der Waals surface area contributed by atoms with Crippen LogP contribution < -0.4 is 20.7 Å². The average Bonchev–Trinajstić information content (AvgIpc) is 3.82. The van der Waals surface area contributed by atoms with Crippen LogP contribution in [0.2, 0.25) is 0 Å². The van der Waals surface area contributed by atoms with E-state index in [0.717, 1.165) is 5.69 Å². The van der Waals surface area contributed by atoms with Crippen molar-refractivity contribution in [2.24, 2.45) is 0 Å². The summed E-state index contributed by atoms with van der Waals surface area (Å²) in [7, 11) is -2.70. The third kappa shape index (κ3) is 4.79. The fourth-order valence-corrected chi connectivity index (χ4v) is 15.7. The summed E-state index contributed by atoms with van der Waals surface area (Å²) in [5, 5.41) is 10.6. The third-order valence-corrected chi connectivity index (χ3v) is 18.2. The second-order valence-corrected chi connectivity index (χ2v) is 20.1.